The van der Waals surface area contributed by atoms with E-state index in [0.29, 0.717) is 17.3 Å². The molecule has 0 saturated carbocycles. The summed E-state index contributed by atoms with van der Waals surface area (Å²) in [5, 5.41) is 13.8. The van der Waals surface area contributed by atoms with E-state index >= 15 is 0 Å². The molecule has 0 aliphatic rings. The number of benzene rings is 1. The number of ether oxygens (including phenoxy) is 1. The summed E-state index contributed by atoms with van der Waals surface area (Å²) < 4.78 is 4.98. The summed E-state index contributed by atoms with van der Waals surface area (Å²) >= 11 is 5.81. The van der Waals surface area contributed by atoms with E-state index in [0.717, 1.165) is 0 Å². The third kappa shape index (κ3) is 3.32. The van der Waals surface area contributed by atoms with Crippen LogP contribution in [0.15, 0.2) is 30.3 Å². The third-order valence-corrected chi connectivity index (χ3v) is 3.15. The number of aromatic nitrogens is 1. The molecule has 8 heteroatoms. The summed E-state index contributed by atoms with van der Waals surface area (Å²) in [7, 11) is 1.48. The summed E-state index contributed by atoms with van der Waals surface area (Å²) in [5.41, 5.74) is 0.520. The summed E-state index contributed by atoms with van der Waals surface area (Å²) in [6.45, 7) is 1.69. The smallest absolute Gasteiger partial charge is 0.282 e. The number of methoxy groups -OCH3 is 1. The van der Waals surface area contributed by atoms with Gasteiger partial charge in [0.15, 0.2) is 0 Å². The van der Waals surface area contributed by atoms with Crippen LogP contribution in [0.4, 0.5) is 11.4 Å². The van der Waals surface area contributed by atoms with E-state index in [9.17, 15) is 14.9 Å². The van der Waals surface area contributed by atoms with Crippen molar-refractivity contribution in [1.29, 1.82) is 0 Å². The first kappa shape index (κ1) is 15.7. The number of anilines is 1. The second-order valence-electron chi connectivity index (χ2n) is 4.36. The van der Waals surface area contributed by atoms with Crippen LogP contribution in [0.2, 0.25) is 5.02 Å². The largest absolute Gasteiger partial charge is 0.481 e. The Morgan fingerprint density at radius 1 is 1.36 bits per heavy atom. The number of hydrogen-bond acceptors (Lipinski definition) is 5. The van der Waals surface area contributed by atoms with Crippen LogP contribution in [0, 0.1) is 17.0 Å². The minimum atomic E-state index is -0.635. The van der Waals surface area contributed by atoms with Crippen LogP contribution >= 0.6 is 11.6 Å². The molecule has 1 aromatic carbocycles. The number of carbonyl (C=O) groups excluding carboxylic acids is 1. The Morgan fingerprint density at radius 2 is 2.09 bits per heavy atom. The van der Waals surface area contributed by atoms with Crippen molar-refractivity contribution in [3.8, 4) is 5.88 Å². The Hall–Kier alpha value is -2.67. The number of pyridine rings is 1. The third-order valence-electron chi connectivity index (χ3n) is 2.92. The van der Waals surface area contributed by atoms with Crippen LogP contribution in [-0.4, -0.2) is 22.9 Å². The maximum Gasteiger partial charge on any atom is 0.282 e. The number of nitro groups is 1. The second kappa shape index (κ2) is 6.40. The number of nitro benzene ring substituents is 1. The van der Waals surface area contributed by atoms with Crippen molar-refractivity contribution in [3.63, 3.8) is 0 Å². The van der Waals surface area contributed by atoms with Crippen LogP contribution in [-0.2, 0) is 0 Å². The lowest BCUT2D eigenvalue weighted by atomic mass is 10.1. The lowest BCUT2D eigenvalue weighted by Gasteiger charge is -2.09. The molecule has 1 amide bonds. The number of carbonyl (C=O) groups is 1. The van der Waals surface area contributed by atoms with Gasteiger partial charge in [-0.1, -0.05) is 11.6 Å². The van der Waals surface area contributed by atoms with Crippen LogP contribution in [0.1, 0.15) is 16.1 Å². The van der Waals surface area contributed by atoms with Gasteiger partial charge >= 0.3 is 0 Å². The topological polar surface area (TPSA) is 94.4 Å². The average Bonchev–Trinajstić information content (AvgIpc) is 2.48. The van der Waals surface area contributed by atoms with Crippen molar-refractivity contribution >= 4 is 28.9 Å². The van der Waals surface area contributed by atoms with Crippen molar-refractivity contribution in [3.05, 3.63) is 56.7 Å². The fraction of sp³-hybridized carbons (Fsp3) is 0.143. The predicted octanol–water partition coefficient (Wildman–Crippen LogP) is 3.21. The summed E-state index contributed by atoms with van der Waals surface area (Å²) in [6.07, 6.45) is 0. The van der Waals surface area contributed by atoms with E-state index in [4.69, 9.17) is 16.3 Å². The Labute approximate surface area is 131 Å². The average molecular weight is 322 g/mol. The number of amides is 1. The van der Waals surface area contributed by atoms with Crippen molar-refractivity contribution in [2.24, 2.45) is 0 Å². The maximum absolute atomic E-state index is 12.3. The molecule has 1 heterocycles. The first-order chi connectivity index (χ1) is 10.4. The lowest BCUT2D eigenvalue weighted by molar-refractivity contribution is -0.385. The molecule has 0 aliphatic carbocycles. The molecule has 2 rings (SSSR count). The van der Waals surface area contributed by atoms with Crippen LogP contribution in [0.25, 0.3) is 0 Å². The van der Waals surface area contributed by atoms with E-state index in [-0.39, 0.29) is 16.3 Å². The summed E-state index contributed by atoms with van der Waals surface area (Å²) in [4.78, 5) is 26.7. The monoisotopic (exact) mass is 321 g/mol. The molecule has 0 spiro atoms. The van der Waals surface area contributed by atoms with Crippen LogP contribution in [0.5, 0.6) is 5.88 Å². The van der Waals surface area contributed by atoms with Gasteiger partial charge in [-0.05, 0) is 25.1 Å². The van der Waals surface area contributed by atoms with Crippen molar-refractivity contribution in [1.82, 2.24) is 4.98 Å². The zero-order valence-electron chi connectivity index (χ0n) is 11.8. The minimum absolute atomic E-state index is 0.118. The molecule has 2 aromatic rings. The van der Waals surface area contributed by atoms with Gasteiger partial charge in [-0.15, -0.1) is 0 Å². The molecule has 0 radical (unpaired) electrons. The molecule has 0 aliphatic heterocycles. The number of aryl methyl sites for hydroxylation is 1. The molecular weight excluding hydrogens is 310 g/mol. The molecule has 0 fully saturated rings. The van der Waals surface area contributed by atoms with E-state index in [1.807, 2.05) is 0 Å². The van der Waals surface area contributed by atoms with Gasteiger partial charge in [0.1, 0.15) is 5.56 Å². The molecule has 0 atom stereocenters. The van der Waals surface area contributed by atoms with E-state index in [1.54, 1.807) is 19.1 Å². The van der Waals surface area contributed by atoms with Crippen molar-refractivity contribution in [2.75, 3.05) is 12.4 Å². The van der Waals surface area contributed by atoms with Gasteiger partial charge in [-0.3, -0.25) is 14.9 Å². The minimum Gasteiger partial charge on any atom is -0.481 e. The van der Waals surface area contributed by atoms with E-state index < -0.39 is 10.8 Å². The highest BCUT2D eigenvalue weighted by atomic mass is 35.5. The van der Waals surface area contributed by atoms with E-state index in [1.165, 1.54) is 25.3 Å². The van der Waals surface area contributed by atoms with Crippen molar-refractivity contribution in [2.45, 2.75) is 6.92 Å². The zero-order valence-corrected chi connectivity index (χ0v) is 12.5. The van der Waals surface area contributed by atoms with Gasteiger partial charge in [0.2, 0.25) is 5.88 Å². The predicted molar refractivity (Wildman–Crippen MR) is 81.6 cm³/mol. The fourth-order valence-corrected chi connectivity index (χ4v) is 1.99. The second-order valence-corrected chi connectivity index (χ2v) is 4.80. The standard InChI is InChI=1S/C14H12ClN3O4/c1-8-11(4-6-13(16-8)22-2)17-14(19)10-7-9(15)3-5-12(10)18(20)21/h3-7H,1-2H3,(H,17,19). The SMILES string of the molecule is COc1ccc(NC(=O)c2cc(Cl)ccc2[N+](=O)[O-])c(C)n1. The number of nitrogens with zero attached hydrogens (tertiary/aromatic N) is 2. The number of hydrogen-bond donors (Lipinski definition) is 1. The van der Waals surface area contributed by atoms with Gasteiger partial charge in [0.05, 0.1) is 23.4 Å². The molecule has 22 heavy (non-hydrogen) atoms. The van der Waals surface area contributed by atoms with Crippen LogP contribution in [0.3, 0.4) is 0 Å². The number of halogens is 1. The first-order valence-corrected chi connectivity index (χ1v) is 6.57. The fourth-order valence-electron chi connectivity index (χ4n) is 1.82. The molecular formula is C14H12ClN3O4. The highest BCUT2D eigenvalue weighted by Crippen LogP contribution is 2.24. The zero-order chi connectivity index (χ0) is 16.3. The molecule has 1 N–H and O–H groups in total. The Morgan fingerprint density at radius 3 is 2.68 bits per heavy atom. The Kier molecular flexibility index (Phi) is 4.57. The molecule has 114 valence electrons. The summed E-state index contributed by atoms with van der Waals surface area (Å²) in [6, 6.07) is 6.98. The maximum atomic E-state index is 12.3. The van der Waals surface area contributed by atoms with Crippen molar-refractivity contribution < 1.29 is 14.5 Å². The van der Waals surface area contributed by atoms with Crippen LogP contribution < -0.4 is 10.1 Å². The molecule has 0 bridgehead atoms. The first-order valence-electron chi connectivity index (χ1n) is 6.19. The number of rotatable bonds is 4. The highest BCUT2D eigenvalue weighted by molar-refractivity contribution is 6.31. The molecule has 1 aromatic heterocycles. The molecule has 0 unspecified atom stereocenters. The van der Waals surface area contributed by atoms with Gasteiger partial charge < -0.3 is 10.1 Å². The quantitative estimate of drug-likeness (QED) is 0.689. The van der Waals surface area contributed by atoms with Gasteiger partial charge in [0.25, 0.3) is 11.6 Å². The number of nitrogens with one attached hydrogen (secondary N) is 1. The Balaban J connectivity index is 2.33. The Bertz CT molecular complexity index is 749. The molecule has 0 saturated heterocycles. The van der Waals surface area contributed by atoms with E-state index in [2.05, 4.69) is 10.3 Å². The lowest BCUT2D eigenvalue weighted by Crippen LogP contribution is -2.15. The van der Waals surface area contributed by atoms with Gasteiger partial charge in [-0.25, -0.2) is 4.98 Å². The summed E-state index contributed by atoms with van der Waals surface area (Å²) in [5.74, 6) is -0.228. The molecule has 7 nitrogen and oxygen atoms in total. The van der Waals surface area contributed by atoms with Gasteiger partial charge in [0, 0.05) is 17.2 Å². The van der Waals surface area contributed by atoms with Gasteiger partial charge in [-0.2, -0.15) is 0 Å². The normalized spacial score (nSPS) is 10.1. The highest BCUT2D eigenvalue weighted by Gasteiger charge is 2.21.